The fraction of sp³-hybridized carbons (Fsp3) is 0.600. The highest BCUT2D eigenvalue weighted by atomic mass is 32.2. The first-order chi connectivity index (χ1) is 13.4. The Morgan fingerprint density at radius 2 is 2.14 bits per heavy atom. The zero-order chi connectivity index (χ0) is 19.9. The van der Waals surface area contributed by atoms with Crippen molar-refractivity contribution in [2.75, 3.05) is 0 Å². The van der Waals surface area contributed by atoms with E-state index in [1.165, 1.54) is 4.57 Å². The number of rotatable bonds is 7. The average Bonchev–Trinajstić information content (AvgIpc) is 3.54. The summed E-state index contributed by atoms with van der Waals surface area (Å²) in [5, 5.41) is 5.61. The molecule has 13 heteroatoms. The molecule has 2 saturated carbocycles. The van der Waals surface area contributed by atoms with Crippen molar-refractivity contribution in [3.8, 4) is 6.01 Å². The van der Waals surface area contributed by atoms with Crippen LogP contribution in [-0.2, 0) is 16.8 Å². The third-order valence-electron chi connectivity index (χ3n) is 4.22. The largest absolute Gasteiger partial charge is 0.460 e. The molecular weight excluding hydrogens is 408 g/mol. The number of aromatic nitrogens is 4. The van der Waals surface area contributed by atoms with Gasteiger partial charge < -0.3 is 9.30 Å². The van der Waals surface area contributed by atoms with E-state index in [9.17, 15) is 18.0 Å². The van der Waals surface area contributed by atoms with Gasteiger partial charge in [-0.2, -0.15) is 8.42 Å². The summed E-state index contributed by atoms with van der Waals surface area (Å²) in [4.78, 5) is 25.2. The first-order valence-electron chi connectivity index (χ1n) is 9.03. The van der Waals surface area contributed by atoms with Crippen LogP contribution in [0.5, 0.6) is 6.01 Å². The first kappa shape index (κ1) is 18.9. The highest BCUT2D eigenvalue weighted by molar-refractivity contribution is 7.88. The number of ether oxygens (including phenoxy) is 1. The van der Waals surface area contributed by atoms with E-state index in [-0.39, 0.29) is 23.0 Å². The molecule has 0 aliphatic heterocycles. The second-order valence-electron chi connectivity index (χ2n) is 6.75. The van der Waals surface area contributed by atoms with Gasteiger partial charge in [-0.25, -0.2) is 18.9 Å². The molecular formula is C15H20N6O5S2. The zero-order valence-electron chi connectivity index (χ0n) is 15.1. The van der Waals surface area contributed by atoms with Gasteiger partial charge in [0.05, 0.1) is 0 Å². The molecule has 2 aromatic heterocycles. The number of carbonyl (C=O) groups excluding carboxylic acids is 1. The van der Waals surface area contributed by atoms with Crippen LogP contribution in [0, 0.1) is 0 Å². The SMILES string of the molecule is CCCn1ccs/c1=N\S(=O)(=O)NC(=O)n1nc(OC2CC2)n(C2CC2)c1=O. The predicted molar refractivity (Wildman–Crippen MR) is 99.4 cm³/mol. The summed E-state index contributed by atoms with van der Waals surface area (Å²) in [7, 11) is -4.36. The van der Waals surface area contributed by atoms with E-state index >= 15 is 0 Å². The van der Waals surface area contributed by atoms with Crippen LogP contribution < -0.4 is 20.0 Å². The molecule has 4 rings (SSSR count). The van der Waals surface area contributed by atoms with Gasteiger partial charge in [0.1, 0.15) is 6.10 Å². The van der Waals surface area contributed by atoms with E-state index in [2.05, 4.69) is 9.50 Å². The van der Waals surface area contributed by atoms with E-state index in [0.717, 1.165) is 43.4 Å². The number of hydrogen-bond donors (Lipinski definition) is 1. The fourth-order valence-electron chi connectivity index (χ4n) is 2.61. The van der Waals surface area contributed by atoms with Crippen molar-refractivity contribution in [3.05, 3.63) is 26.9 Å². The molecule has 0 saturated heterocycles. The van der Waals surface area contributed by atoms with Crippen LogP contribution in [-0.4, -0.2) is 39.5 Å². The van der Waals surface area contributed by atoms with Crippen LogP contribution in [0.4, 0.5) is 4.79 Å². The van der Waals surface area contributed by atoms with Gasteiger partial charge in [-0.15, -0.1) is 25.5 Å². The highest BCUT2D eigenvalue weighted by Gasteiger charge is 2.35. The summed E-state index contributed by atoms with van der Waals surface area (Å²) < 4.78 is 39.1. The van der Waals surface area contributed by atoms with Crippen molar-refractivity contribution in [1.82, 2.24) is 23.6 Å². The predicted octanol–water partition coefficient (Wildman–Crippen LogP) is 0.597. The summed E-state index contributed by atoms with van der Waals surface area (Å²) in [5.41, 5.74) is -0.719. The molecule has 2 heterocycles. The quantitative estimate of drug-likeness (QED) is 0.687. The van der Waals surface area contributed by atoms with Crippen molar-refractivity contribution >= 4 is 27.6 Å². The number of thiazole rings is 1. The Morgan fingerprint density at radius 3 is 2.79 bits per heavy atom. The number of hydrogen-bond acceptors (Lipinski definition) is 7. The van der Waals surface area contributed by atoms with Gasteiger partial charge in [-0.3, -0.25) is 0 Å². The first-order valence-corrected chi connectivity index (χ1v) is 11.3. The van der Waals surface area contributed by atoms with Crippen molar-refractivity contribution in [2.24, 2.45) is 4.40 Å². The smallest absolute Gasteiger partial charge is 0.361 e. The van der Waals surface area contributed by atoms with E-state index in [0.29, 0.717) is 11.2 Å². The normalized spacial score (nSPS) is 17.7. The minimum Gasteiger partial charge on any atom is -0.460 e. The van der Waals surface area contributed by atoms with E-state index in [1.54, 1.807) is 20.9 Å². The molecule has 0 unspecified atom stereocenters. The van der Waals surface area contributed by atoms with Crippen molar-refractivity contribution in [3.63, 3.8) is 0 Å². The number of nitrogens with zero attached hydrogens (tertiary/aromatic N) is 5. The molecule has 0 atom stereocenters. The van der Waals surface area contributed by atoms with Gasteiger partial charge >= 0.3 is 27.9 Å². The lowest BCUT2D eigenvalue weighted by Crippen LogP contribution is -2.40. The lowest BCUT2D eigenvalue weighted by Gasteiger charge is -2.03. The molecule has 2 aliphatic carbocycles. The standard InChI is InChI=1S/C15H20N6O5S2/c1-2-7-19-8-9-27-14(19)18-28(24,25)17-12(22)21-15(23)20(10-3-4-10)13(16-21)26-11-5-6-11/h8-11H,2-7H2,1H3,(H,17,22)/b18-14-. The molecule has 2 fully saturated rings. The van der Waals surface area contributed by atoms with E-state index < -0.39 is 21.9 Å². The second-order valence-corrected chi connectivity index (χ2v) is 8.96. The lowest BCUT2D eigenvalue weighted by molar-refractivity contribution is 0.241. The molecule has 0 spiro atoms. The molecule has 152 valence electrons. The Balaban J connectivity index is 1.59. The molecule has 28 heavy (non-hydrogen) atoms. The molecule has 1 amide bonds. The Bertz CT molecular complexity index is 1120. The summed E-state index contributed by atoms with van der Waals surface area (Å²) in [5.74, 6) is 0. The van der Waals surface area contributed by atoms with Gasteiger partial charge in [0.2, 0.25) is 4.80 Å². The van der Waals surface area contributed by atoms with Crippen molar-refractivity contribution in [1.29, 1.82) is 0 Å². The van der Waals surface area contributed by atoms with E-state index in [4.69, 9.17) is 4.74 Å². The van der Waals surface area contributed by atoms with Crippen LogP contribution in [0.3, 0.4) is 0 Å². The Kier molecular flexibility index (Phi) is 4.87. The minimum atomic E-state index is -4.36. The van der Waals surface area contributed by atoms with Crippen molar-refractivity contribution in [2.45, 2.75) is 57.7 Å². The maximum Gasteiger partial charge on any atom is 0.361 e. The maximum absolute atomic E-state index is 12.6. The van der Waals surface area contributed by atoms with Crippen LogP contribution >= 0.6 is 11.3 Å². The molecule has 0 bridgehead atoms. The molecule has 11 nitrogen and oxygen atoms in total. The summed E-state index contributed by atoms with van der Waals surface area (Å²) in [6.45, 7) is 2.55. The topological polar surface area (TPSA) is 130 Å². The Hall–Kier alpha value is -2.41. The maximum atomic E-state index is 12.6. The Labute approximate surface area is 164 Å². The number of aryl methyl sites for hydroxylation is 1. The Morgan fingerprint density at radius 1 is 1.39 bits per heavy atom. The lowest BCUT2D eigenvalue weighted by atomic mass is 10.5. The summed E-state index contributed by atoms with van der Waals surface area (Å²) in [6, 6.07) is -1.20. The van der Waals surface area contributed by atoms with Gasteiger partial charge in [0.25, 0.3) is 0 Å². The van der Waals surface area contributed by atoms with Crippen LogP contribution in [0.15, 0.2) is 20.8 Å². The third-order valence-corrected chi connectivity index (χ3v) is 5.97. The highest BCUT2D eigenvalue weighted by Crippen LogP contribution is 2.37. The molecule has 2 aliphatic rings. The fourth-order valence-corrected chi connectivity index (χ4v) is 4.36. The van der Waals surface area contributed by atoms with Gasteiger partial charge in [-0.1, -0.05) is 6.92 Å². The molecule has 1 N–H and O–H groups in total. The average molecular weight is 428 g/mol. The van der Waals surface area contributed by atoms with Crippen LogP contribution in [0.1, 0.15) is 45.1 Å². The molecule has 0 radical (unpaired) electrons. The van der Waals surface area contributed by atoms with Gasteiger partial charge in [-0.05, 0) is 32.1 Å². The van der Waals surface area contributed by atoms with Crippen LogP contribution in [0.25, 0.3) is 0 Å². The van der Waals surface area contributed by atoms with Crippen LogP contribution in [0.2, 0.25) is 0 Å². The third kappa shape index (κ3) is 4.04. The number of nitrogens with one attached hydrogen (secondary N) is 1. The van der Waals surface area contributed by atoms with Crippen molar-refractivity contribution < 1.29 is 17.9 Å². The molecule has 2 aromatic rings. The molecule has 0 aromatic carbocycles. The minimum absolute atomic E-state index is 0.0117. The van der Waals surface area contributed by atoms with Gasteiger partial charge in [0.15, 0.2) is 0 Å². The number of carbonyl (C=O) groups is 1. The summed E-state index contributed by atoms with van der Waals surface area (Å²) >= 11 is 1.13. The summed E-state index contributed by atoms with van der Waals surface area (Å²) in [6.07, 6.45) is 5.81. The second kappa shape index (κ2) is 7.20. The number of amides is 1. The van der Waals surface area contributed by atoms with E-state index in [1.807, 2.05) is 6.92 Å². The van der Waals surface area contributed by atoms with Gasteiger partial charge in [0, 0.05) is 24.2 Å². The zero-order valence-corrected chi connectivity index (χ0v) is 16.8. The monoisotopic (exact) mass is 428 g/mol.